The molecule has 0 bridgehead atoms. The van der Waals surface area contributed by atoms with Gasteiger partial charge >= 0.3 is 5.97 Å². The molecule has 0 fully saturated rings. The van der Waals surface area contributed by atoms with Gasteiger partial charge < -0.3 is 9.64 Å². The molecule has 1 aromatic heterocycles. The normalized spacial score (nSPS) is 11.5. The monoisotopic (exact) mass is 387 g/mol. The first kappa shape index (κ1) is 21.6. The van der Waals surface area contributed by atoms with Crippen LogP contribution in [-0.4, -0.2) is 45.2 Å². The zero-order valence-electron chi connectivity index (χ0n) is 17.4. The molecule has 0 spiro atoms. The second kappa shape index (κ2) is 8.99. The average molecular weight is 387 g/mol. The molecule has 2 rings (SSSR count). The van der Waals surface area contributed by atoms with Crippen molar-refractivity contribution in [2.45, 2.75) is 60.2 Å². The molecular weight excluding hydrogens is 358 g/mol. The Balaban J connectivity index is 2.33. The lowest BCUT2D eigenvalue weighted by Gasteiger charge is -2.30. The van der Waals surface area contributed by atoms with E-state index in [4.69, 9.17) is 4.74 Å². The summed E-state index contributed by atoms with van der Waals surface area (Å²) in [6.45, 7) is 11.6. The number of amides is 1. The Labute approximate surface area is 165 Å². The summed E-state index contributed by atoms with van der Waals surface area (Å²) >= 11 is 0. The zero-order valence-corrected chi connectivity index (χ0v) is 17.4. The van der Waals surface area contributed by atoms with Crippen LogP contribution in [0.5, 0.6) is 0 Å². The predicted molar refractivity (Wildman–Crippen MR) is 108 cm³/mol. The van der Waals surface area contributed by atoms with Gasteiger partial charge in [-0.15, -0.1) is 0 Å². The summed E-state index contributed by atoms with van der Waals surface area (Å²) in [5, 5.41) is 5.07. The fraction of sp³-hybridized carbons (Fsp3) is 0.524. The van der Waals surface area contributed by atoms with Gasteiger partial charge in [-0.25, -0.2) is 9.48 Å². The van der Waals surface area contributed by atoms with E-state index >= 15 is 0 Å². The molecule has 1 heterocycles. The van der Waals surface area contributed by atoms with Crippen molar-refractivity contribution < 1.29 is 14.3 Å². The molecule has 28 heavy (non-hydrogen) atoms. The molecule has 0 saturated heterocycles. The van der Waals surface area contributed by atoms with E-state index in [0.717, 1.165) is 0 Å². The van der Waals surface area contributed by atoms with Crippen LogP contribution in [0.1, 0.15) is 52.0 Å². The second-order valence-corrected chi connectivity index (χ2v) is 7.84. The van der Waals surface area contributed by atoms with Crippen LogP contribution >= 0.6 is 0 Å². The van der Waals surface area contributed by atoms with Gasteiger partial charge in [0.1, 0.15) is 0 Å². The molecule has 0 radical (unpaired) electrons. The Kier molecular flexibility index (Phi) is 6.94. The van der Waals surface area contributed by atoms with Gasteiger partial charge in [0.25, 0.3) is 11.5 Å². The number of rotatable bonds is 7. The van der Waals surface area contributed by atoms with Crippen LogP contribution in [0.25, 0.3) is 10.8 Å². The largest absolute Gasteiger partial charge is 0.451 e. The van der Waals surface area contributed by atoms with Crippen molar-refractivity contribution in [2.24, 2.45) is 5.92 Å². The third-order valence-corrected chi connectivity index (χ3v) is 4.33. The molecule has 0 unspecified atom stereocenters. The minimum atomic E-state index is -0.713. The van der Waals surface area contributed by atoms with Crippen LogP contribution in [-0.2, 0) is 16.1 Å². The van der Waals surface area contributed by atoms with Gasteiger partial charge in [-0.05, 0) is 39.7 Å². The van der Waals surface area contributed by atoms with E-state index in [1.807, 2.05) is 41.5 Å². The summed E-state index contributed by atoms with van der Waals surface area (Å²) in [7, 11) is 0. The molecule has 2 aromatic rings. The smallest absolute Gasteiger partial charge is 0.359 e. The van der Waals surface area contributed by atoms with Gasteiger partial charge in [0.2, 0.25) is 0 Å². The van der Waals surface area contributed by atoms with Gasteiger partial charge in [-0.3, -0.25) is 9.59 Å². The quantitative estimate of drug-likeness (QED) is 0.683. The van der Waals surface area contributed by atoms with Gasteiger partial charge in [0, 0.05) is 24.0 Å². The highest BCUT2D eigenvalue weighted by Gasteiger charge is 2.23. The summed E-state index contributed by atoms with van der Waals surface area (Å²) < 4.78 is 6.56. The topological polar surface area (TPSA) is 81.5 Å². The number of hydrogen-bond acceptors (Lipinski definition) is 5. The molecule has 0 aliphatic rings. The molecule has 0 aliphatic heterocycles. The minimum Gasteiger partial charge on any atom is -0.451 e. The lowest BCUT2D eigenvalue weighted by Crippen LogP contribution is -2.44. The number of carbonyl (C=O) groups excluding carboxylic acids is 2. The molecule has 7 heteroatoms. The van der Waals surface area contributed by atoms with Crippen LogP contribution < -0.4 is 5.56 Å². The van der Waals surface area contributed by atoms with Crippen molar-refractivity contribution in [1.82, 2.24) is 14.7 Å². The second-order valence-electron chi connectivity index (χ2n) is 7.84. The standard InChI is InChI=1S/C21H29N3O4/c1-13(2)11-23-20(26)17-10-8-7-9-16(17)19(22-23)21(27)28-12-18(25)24(14(3)4)15(5)6/h7-10,13-15H,11-12H2,1-6H3. The number of aromatic nitrogens is 2. The Morgan fingerprint density at radius 3 is 2.14 bits per heavy atom. The highest BCUT2D eigenvalue weighted by molar-refractivity contribution is 6.02. The molecule has 1 aromatic carbocycles. The molecular formula is C21H29N3O4. The number of ether oxygens (including phenoxy) is 1. The van der Waals surface area contributed by atoms with Crippen LogP contribution in [0, 0.1) is 5.92 Å². The van der Waals surface area contributed by atoms with Crippen molar-refractivity contribution in [1.29, 1.82) is 0 Å². The summed E-state index contributed by atoms with van der Waals surface area (Å²) in [5.41, 5.74) is -0.202. The maximum absolute atomic E-state index is 12.7. The Morgan fingerprint density at radius 2 is 1.61 bits per heavy atom. The van der Waals surface area contributed by atoms with Crippen LogP contribution in [0.15, 0.2) is 29.1 Å². The maximum atomic E-state index is 12.7. The predicted octanol–water partition coefficient (Wildman–Crippen LogP) is 2.85. The highest BCUT2D eigenvalue weighted by atomic mass is 16.5. The van der Waals surface area contributed by atoms with E-state index in [1.54, 1.807) is 29.2 Å². The fourth-order valence-corrected chi connectivity index (χ4v) is 3.30. The van der Waals surface area contributed by atoms with E-state index in [1.165, 1.54) is 4.68 Å². The first-order chi connectivity index (χ1) is 13.1. The van der Waals surface area contributed by atoms with Crippen molar-refractivity contribution in [2.75, 3.05) is 6.61 Å². The van der Waals surface area contributed by atoms with Gasteiger partial charge in [-0.1, -0.05) is 32.0 Å². The van der Waals surface area contributed by atoms with E-state index in [2.05, 4.69) is 5.10 Å². The maximum Gasteiger partial charge on any atom is 0.359 e. The average Bonchev–Trinajstić information content (AvgIpc) is 2.61. The number of fused-ring (bicyclic) bond motifs is 1. The van der Waals surface area contributed by atoms with Crippen LogP contribution in [0.3, 0.4) is 0 Å². The van der Waals surface area contributed by atoms with E-state index < -0.39 is 5.97 Å². The van der Waals surface area contributed by atoms with E-state index in [9.17, 15) is 14.4 Å². The van der Waals surface area contributed by atoms with Crippen molar-refractivity contribution >= 4 is 22.6 Å². The van der Waals surface area contributed by atoms with Gasteiger partial charge in [0.05, 0.1) is 5.39 Å². The number of benzene rings is 1. The zero-order chi connectivity index (χ0) is 21.0. The van der Waals surface area contributed by atoms with Crippen LogP contribution in [0.2, 0.25) is 0 Å². The molecule has 0 atom stereocenters. The van der Waals surface area contributed by atoms with Gasteiger partial charge in [0.15, 0.2) is 12.3 Å². The molecule has 152 valence electrons. The molecule has 0 N–H and O–H groups in total. The van der Waals surface area contributed by atoms with Crippen LogP contribution in [0.4, 0.5) is 0 Å². The lowest BCUT2D eigenvalue weighted by molar-refractivity contribution is -0.138. The van der Waals surface area contributed by atoms with E-state index in [0.29, 0.717) is 17.3 Å². The number of nitrogens with zero attached hydrogens (tertiary/aromatic N) is 3. The third-order valence-electron chi connectivity index (χ3n) is 4.33. The van der Waals surface area contributed by atoms with Gasteiger partial charge in [-0.2, -0.15) is 5.10 Å². The van der Waals surface area contributed by atoms with E-state index in [-0.39, 0.29) is 41.8 Å². The Hall–Kier alpha value is -2.70. The highest BCUT2D eigenvalue weighted by Crippen LogP contribution is 2.15. The molecule has 7 nitrogen and oxygen atoms in total. The SMILES string of the molecule is CC(C)Cn1nc(C(=O)OCC(=O)N(C(C)C)C(C)C)c2ccccc2c1=O. The lowest BCUT2D eigenvalue weighted by atomic mass is 10.1. The number of esters is 1. The summed E-state index contributed by atoms with van der Waals surface area (Å²) in [5.74, 6) is -0.796. The molecule has 0 aliphatic carbocycles. The van der Waals surface area contributed by atoms with Crippen molar-refractivity contribution in [3.05, 3.63) is 40.3 Å². The first-order valence-electron chi connectivity index (χ1n) is 9.61. The number of hydrogen-bond donors (Lipinski definition) is 0. The Bertz CT molecular complexity index is 907. The summed E-state index contributed by atoms with van der Waals surface area (Å²) in [6, 6.07) is 6.80. The minimum absolute atomic E-state index is 0.00176. The fourth-order valence-electron chi connectivity index (χ4n) is 3.30. The third kappa shape index (κ3) is 4.77. The first-order valence-corrected chi connectivity index (χ1v) is 9.61. The summed E-state index contributed by atoms with van der Waals surface area (Å²) in [4.78, 5) is 39.5. The number of carbonyl (C=O) groups is 2. The summed E-state index contributed by atoms with van der Waals surface area (Å²) in [6.07, 6.45) is 0. The molecule has 1 amide bonds. The van der Waals surface area contributed by atoms with Crippen molar-refractivity contribution in [3.8, 4) is 0 Å². The molecule has 0 saturated carbocycles. The Morgan fingerprint density at radius 1 is 1.04 bits per heavy atom. The van der Waals surface area contributed by atoms with Crippen molar-refractivity contribution in [3.63, 3.8) is 0 Å².